The number of rotatable bonds is 4. The molecule has 3 aliphatic rings. The van der Waals surface area contributed by atoms with Crippen LogP contribution >= 0.6 is 0 Å². The van der Waals surface area contributed by atoms with Crippen molar-refractivity contribution in [2.75, 3.05) is 46.4 Å². The number of benzene rings is 1. The average molecular weight is 452 g/mol. The van der Waals surface area contributed by atoms with Crippen molar-refractivity contribution in [3.05, 3.63) is 40.7 Å². The molecule has 9 heteroatoms. The third-order valence-electron chi connectivity index (χ3n) is 6.92. The van der Waals surface area contributed by atoms with Gasteiger partial charge in [-0.3, -0.25) is 19.5 Å². The molecule has 5 rings (SSSR count). The van der Waals surface area contributed by atoms with Crippen molar-refractivity contribution in [3.63, 3.8) is 0 Å². The first-order valence-corrected chi connectivity index (χ1v) is 11.5. The molecule has 2 fully saturated rings. The number of fused-ring (bicyclic) bond motifs is 3. The number of carbonyl (C=O) groups is 2. The molecule has 1 unspecified atom stereocenters. The van der Waals surface area contributed by atoms with Gasteiger partial charge in [0, 0.05) is 33.2 Å². The van der Waals surface area contributed by atoms with E-state index in [9.17, 15) is 9.59 Å². The lowest BCUT2D eigenvalue weighted by molar-refractivity contribution is -0.682. The van der Waals surface area contributed by atoms with Gasteiger partial charge in [-0.1, -0.05) is 11.1 Å². The number of nitrogens with zero attached hydrogens (tertiary/aromatic N) is 6. The fourth-order valence-corrected chi connectivity index (χ4v) is 5.10. The number of aryl methyl sites for hydroxylation is 2. The molecule has 174 valence electrons. The Balaban J connectivity index is 1.52. The molecule has 1 atom stereocenters. The minimum absolute atomic E-state index is 0.213. The normalized spacial score (nSPS) is 20.9. The van der Waals surface area contributed by atoms with Gasteiger partial charge >= 0.3 is 12.0 Å². The number of imide groups is 1. The molecular formula is C24H31N6O3+. The molecular weight excluding hydrogens is 420 g/mol. The van der Waals surface area contributed by atoms with Gasteiger partial charge in [0.2, 0.25) is 11.9 Å². The molecule has 0 spiro atoms. The van der Waals surface area contributed by atoms with Crippen LogP contribution in [0.25, 0.3) is 5.69 Å². The second kappa shape index (κ2) is 8.07. The highest BCUT2D eigenvalue weighted by Crippen LogP contribution is 2.33. The number of imidazole rings is 1. The lowest BCUT2D eigenvalue weighted by Crippen LogP contribution is -2.64. The summed E-state index contributed by atoms with van der Waals surface area (Å²) >= 11 is 0. The van der Waals surface area contributed by atoms with E-state index < -0.39 is 6.04 Å². The van der Waals surface area contributed by atoms with Crippen LogP contribution in [-0.4, -0.2) is 83.5 Å². The van der Waals surface area contributed by atoms with Gasteiger partial charge in [-0.05, 0) is 51.0 Å². The first kappa shape index (κ1) is 21.8. The van der Waals surface area contributed by atoms with Crippen LogP contribution in [0.5, 0.6) is 0 Å². The summed E-state index contributed by atoms with van der Waals surface area (Å²) in [5, 5.41) is 0. The average Bonchev–Trinajstić information content (AvgIpc) is 3.27. The molecule has 2 saturated heterocycles. The Morgan fingerprint density at radius 3 is 2.36 bits per heavy atom. The van der Waals surface area contributed by atoms with Crippen LogP contribution in [-0.2, 0) is 9.53 Å². The molecule has 33 heavy (non-hydrogen) atoms. The van der Waals surface area contributed by atoms with Crippen molar-refractivity contribution < 1.29 is 18.9 Å². The number of amides is 3. The van der Waals surface area contributed by atoms with Gasteiger partial charge in [0.05, 0.1) is 13.2 Å². The van der Waals surface area contributed by atoms with E-state index in [1.54, 1.807) is 7.05 Å². The number of aliphatic imine (C=N–C) groups is 1. The highest BCUT2D eigenvalue weighted by Gasteiger charge is 2.54. The summed E-state index contributed by atoms with van der Waals surface area (Å²) < 4.78 is 9.47. The molecule has 0 N–H and O–H groups in total. The van der Waals surface area contributed by atoms with Crippen LogP contribution in [0.15, 0.2) is 23.2 Å². The Morgan fingerprint density at radius 2 is 1.70 bits per heavy atom. The number of hydrogen-bond acceptors (Lipinski definition) is 5. The zero-order chi connectivity index (χ0) is 23.4. The van der Waals surface area contributed by atoms with E-state index in [0.29, 0.717) is 38.1 Å². The molecule has 1 aromatic carbocycles. The summed E-state index contributed by atoms with van der Waals surface area (Å²) in [7, 11) is 1.71. The molecule has 9 nitrogen and oxygen atoms in total. The summed E-state index contributed by atoms with van der Waals surface area (Å²) in [6, 6.07) is 5.43. The second-order valence-corrected chi connectivity index (χ2v) is 9.18. The molecule has 1 aromatic heterocycles. The van der Waals surface area contributed by atoms with Crippen molar-refractivity contribution in [2.24, 2.45) is 4.99 Å². The first-order chi connectivity index (χ1) is 15.8. The molecule has 0 radical (unpaired) electrons. The molecule has 2 aromatic rings. The van der Waals surface area contributed by atoms with Gasteiger partial charge in [-0.15, -0.1) is 0 Å². The number of amidine groups is 1. The van der Waals surface area contributed by atoms with E-state index in [-0.39, 0.29) is 11.9 Å². The second-order valence-electron chi connectivity index (χ2n) is 9.18. The molecule has 0 aliphatic carbocycles. The Kier molecular flexibility index (Phi) is 5.33. The van der Waals surface area contributed by atoms with Crippen LogP contribution in [0.2, 0.25) is 0 Å². The summed E-state index contributed by atoms with van der Waals surface area (Å²) in [6.45, 7) is 12.2. The monoisotopic (exact) mass is 451 g/mol. The maximum absolute atomic E-state index is 13.6. The van der Waals surface area contributed by atoms with Gasteiger partial charge < -0.3 is 4.74 Å². The SMILES string of the molecule is Cc1cc(C)cc(-n2c(C)c(C)[n+]3c2N=C2C3C(=O)N(CCN3CCOCC3)C(=O)N2C)c1. The van der Waals surface area contributed by atoms with Gasteiger partial charge in [0.25, 0.3) is 5.91 Å². The fraction of sp³-hybridized carbons (Fsp3) is 0.500. The standard InChI is InChI=1S/C24H31N6O3/c1-15-12-16(2)14-19(13-15)29-17(3)18(4)30-20-21(25-23(29)30)26(5)24(32)28(22(20)31)7-6-27-8-10-33-11-9-27/h12-14,20H,6-11H2,1-5H3/q+1. The zero-order valence-corrected chi connectivity index (χ0v) is 20.0. The largest absolute Gasteiger partial charge is 0.407 e. The molecule has 3 amide bonds. The number of aromatic nitrogens is 2. The quantitative estimate of drug-likeness (QED) is 0.665. The number of hydrogen-bond donors (Lipinski definition) is 0. The summed E-state index contributed by atoms with van der Waals surface area (Å²) in [6.07, 6.45) is 0. The van der Waals surface area contributed by atoms with E-state index in [0.717, 1.165) is 41.3 Å². The van der Waals surface area contributed by atoms with Crippen molar-refractivity contribution >= 4 is 23.7 Å². The fourth-order valence-electron chi connectivity index (χ4n) is 5.10. The van der Waals surface area contributed by atoms with Gasteiger partial charge in [-0.2, -0.15) is 4.57 Å². The zero-order valence-electron chi connectivity index (χ0n) is 20.0. The smallest absolute Gasteiger partial charge is 0.379 e. The Morgan fingerprint density at radius 1 is 1.03 bits per heavy atom. The van der Waals surface area contributed by atoms with E-state index in [1.165, 1.54) is 9.80 Å². The number of carbonyl (C=O) groups excluding carboxylic acids is 2. The van der Waals surface area contributed by atoms with Crippen LogP contribution < -0.4 is 4.57 Å². The lowest BCUT2D eigenvalue weighted by atomic mass is 10.1. The molecule has 4 heterocycles. The van der Waals surface area contributed by atoms with Crippen molar-refractivity contribution in [3.8, 4) is 5.69 Å². The van der Waals surface area contributed by atoms with Crippen molar-refractivity contribution in [1.82, 2.24) is 19.3 Å². The lowest BCUT2D eigenvalue weighted by Gasteiger charge is -2.35. The third kappa shape index (κ3) is 3.46. The predicted octanol–water partition coefficient (Wildman–Crippen LogP) is 1.81. The van der Waals surface area contributed by atoms with Gasteiger partial charge in [0.1, 0.15) is 17.1 Å². The summed E-state index contributed by atoms with van der Waals surface area (Å²) in [5.41, 5.74) is 5.34. The topological polar surface area (TPSA) is 74.3 Å². The number of likely N-dealkylation sites (N-methyl/N-ethyl adjacent to an activating group) is 1. The highest BCUT2D eigenvalue weighted by atomic mass is 16.5. The number of morpholine rings is 1. The molecule has 0 bridgehead atoms. The van der Waals surface area contributed by atoms with Crippen LogP contribution in [0.4, 0.5) is 10.7 Å². The van der Waals surface area contributed by atoms with E-state index >= 15 is 0 Å². The van der Waals surface area contributed by atoms with Gasteiger partial charge in [0.15, 0.2) is 0 Å². The van der Waals surface area contributed by atoms with Gasteiger partial charge in [-0.25, -0.2) is 9.36 Å². The highest BCUT2D eigenvalue weighted by molar-refractivity contribution is 6.19. The molecule has 3 aliphatic heterocycles. The minimum Gasteiger partial charge on any atom is -0.379 e. The van der Waals surface area contributed by atoms with E-state index in [2.05, 4.69) is 41.5 Å². The van der Waals surface area contributed by atoms with E-state index in [1.807, 2.05) is 18.4 Å². The van der Waals surface area contributed by atoms with Crippen LogP contribution in [0, 0.1) is 27.7 Å². The first-order valence-electron chi connectivity index (χ1n) is 11.5. The Hall–Kier alpha value is -3.04. The third-order valence-corrected chi connectivity index (χ3v) is 6.92. The Labute approximate surface area is 193 Å². The van der Waals surface area contributed by atoms with Crippen molar-refractivity contribution in [2.45, 2.75) is 33.7 Å². The van der Waals surface area contributed by atoms with Crippen LogP contribution in [0.1, 0.15) is 28.6 Å². The maximum Gasteiger partial charge on any atom is 0.407 e. The van der Waals surface area contributed by atoms with Crippen LogP contribution in [0.3, 0.4) is 0 Å². The van der Waals surface area contributed by atoms with Crippen molar-refractivity contribution in [1.29, 1.82) is 0 Å². The summed E-state index contributed by atoms with van der Waals surface area (Å²) in [4.78, 5) is 36.7. The minimum atomic E-state index is -0.627. The predicted molar refractivity (Wildman–Crippen MR) is 123 cm³/mol. The maximum atomic E-state index is 13.6. The summed E-state index contributed by atoms with van der Waals surface area (Å²) in [5.74, 6) is 0.955. The Bertz CT molecular complexity index is 1160. The van der Waals surface area contributed by atoms with E-state index in [4.69, 9.17) is 9.73 Å². The number of urea groups is 1. The molecule has 0 saturated carbocycles. The number of ether oxygens (including phenoxy) is 1.